The zero-order valence-corrected chi connectivity index (χ0v) is 8.14. The van der Waals surface area contributed by atoms with Crippen LogP contribution in [0.25, 0.3) is 0 Å². The molecule has 3 heteroatoms. The van der Waals surface area contributed by atoms with Crippen LogP contribution in [0.3, 0.4) is 0 Å². The largest absolute Gasteiger partial charge is 0.468 e. The molecule has 0 spiro atoms. The molecule has 0 amide bonds. The van der Waals surface area contributed by atoms with Crippen LogP contribution in [0.15, 0.2) is 0 Å². The van der Waals surface area contributed by atoms with Crippen LogP contribution in [0.5, 0.6) is 0 Å². The van der Waals surface area contributed by atoms with Crippen molar-refractivity contribution in [3.8, 4) is 0 Å². The van der Waals surface area contributed by atoms with Gasteiger partial charge in [0.15, 0.2) is 0 Å². The van der Waals surface area contributed by atoms with E-state index in [1.807, 2.05) is 13.8 Å². The highest BCUT2D eigenvalue weighted by atomic mass is 79.9. The second-order valence-electron chi connectivity index (χ2n) is 2.31. The molecule has 0 radical (unpaired) electrons. The van der Waals surface area contributed by atoms with E-state index < -0.39 is 0 Å². The molecule has 0 heterocycles. The van der Waals surface area contributed by atoms with Gasteiger partial charge in [-0.05, 0) is 5.92 Å². The molecule has 0 saturated heterocycles. The smallest absolute Gasteiger partial charge is 0.319 e. The summed E-state index contributed by atoms with van der Waals surface area (Å²) < 4.78 is 4.55. The normalized spacial score (nSPS) is 16.0. The zero-order chi connectivity index (χ0) is 8.15. The van der Waals surface area contributed by atoms with E-state index in [-0.39, 0.29) is 10.8 Å². The zero-order valence-electron chi connectivity index (χ0n) is 6.56. The topological polar surface area (TPSA) is 26.3 Å². The van der Waals surface area contributed by atoms with Gasteiger partial charge >= 0.3 is 5.97 Å². The number of hydrogen-bond donors (Lipinski definition) is 0. The number of halogens is 1. The van der Waals surface area contributed by atoms with Crippen LogP contribution in [0, 0.1) is 5.92 Å². The van der Waals surface area contributed by atoms with Gasteiger partial charge in [0, 0.05) is 0 Å². The summed E-state index contributed by atoms with van der Waals surface area (Å²) in [6.45, 7) is 4.05. The molecule has 0 aliphatic heterocycles. The highest BCUT2D eigenvalue weighted by Crippen LogP contribution is 2.16. The summed E-state index contributed by atoms with van der Waals surface area (Å²) in [6.07, 6.45) is 0.977. The fourth-order valence-corrected chi connectivity index (χ4v) is 1.11. The maximum atomic E-state index is 10.8. The molecule has 0 aliphatic carbocycles. The van der Waals surface area contributed by atoms with Crippen molar-refractivity contribution in [1.29, 1.82) is 0 Å². The fraction of sp³-hybridized carbons (Fsp3) is 0.857. The molecular formula is C7H13BrO2. The number of carbonyl (C=O) groups excluding carboxylic acids is 1. The fourth-order valence-electron chi connectivity index (χ4n) is 0.552. The average Bonchev–Trinajstić information content (AvgIpc) is 2.00. The lowest BCUT2D eigenvalue weighted by Crippen LogP contribution is -2.22. The molecule has 2 nitrogen and oxygen atoms in total. The van der Waals surface area contributed by atoms with Crippen molar-refractivity contribution in [3.63, 3.8) is 0 Å². The second kappa shape index (κ2) is 4.72. The van der Waals surface area contributed by atoms with E-state index in [0.717, 1.165) is 6.42 Å². The SMILES string of the molecule is CC[C@@H](C)C(Br)C(=O)OC. The first-order valence-electron chi connectivity index (χ1n) is 3.35. The minimum atomic E-state index is -0.186. The summed E-state index contributed by atoms with van der Waals surface area (Å²) in [5.74, 6) is 0.154. The summed E-state index contributed by atoms with van der Waals surface area (Å²) in [6, 6.07) is 0. The highest BCUT2D eigenvalue weighted by molar-refractivity contribution is 9.10. The third-order valence-electron chi connectivity index (χ3n) is 1.57. The van der Waals surface area contributed by atoms with Gasteiger partial charge in [0.25, 0.3) is 0 Å². The van der Waals surface area contributed by atoms with E-state index in [9.17, 15) is 4.79 Å². The molecule has 2 atom stereocenters. The lowest BCUT2D eigenvalue weighted by molar-refractivity contribution is -0.140. The van der Waals surface area contributed by atoms with Gasteiger partial charge in [-0.1, -0.05) is 36.2 Å². The van der Waals surface area contributed by atoms with Crippen molar-refractivity contribution in [1.82, 2.24) is 0 Å². The third kappa shape index (κ3) is 2.69. The summed E-state index contributed by atoms with van der Waals surface area (Å²) >= 11 is 3.25. The van der Waals surface area contributed by atoms with E-state index in [4.69, 9.17) is 0 Å². The van der Waals surface area contributed by atoms with Gasteiger partial charge in [0.2, 0.25) is 0 Å². The van der Waals surface area contributed by atoms with Gasteiger partial charge in [-0.2, -0.15) is 0 Å². The maximum Gasteiger partial charge on any atom is 0.319 e. The Kier molecular flexibility index (Phi) is 4.69. The van der Waals surface area contributed by atoms with E-state index in [1.165, 1.54) is 7.11 Å². The number of alkyl halides is 1. The summed E-state index contributed by atoms with van der Waals surface area (Å²) in [5.41, 5.74) is 0. The molecule has 0 aromatic rings. The van der Waals surface area contributed by atoms with E-state index in [2.05, 4.69) is 20.7 Å². The third-order valence-corrected chi connectivity index (χ3v) is 2.85. The summed E-state index contributed by atoms with van der Waals surface area (Å²) in [4.78, 5) is 10.7. The van der Waals surface area contributed by atoms with Gasteiger partial charge in [0.1, 0.15) is 4.83 Å². The Balaban J connectivity index is 3.81. The van der Waals surface area contributed by atoms with Crippen LogP contribution in [0.4, 0.5) is 0 Å². The Labute approximate surface area is 70.1 Å². The van der Waals surface area contributed by atoms with E-state index in [0.29, 0.717) is 5.92 Å². The Hall–Kier alpha value is -0.0500. The average molecular weight is 209 g/mol. The number of methoxy groups -OCH3 is 1. The molecular weight excluding hydrogens is 196 g/mol. The first-order valence-corrected chi connectivity index (χ1v) is 4.27. The quantitative estimate of drug-likeness (QED) is 0.524. The van der Waals surface area contributed by atoms with Crippen molar-refractivity contribution in [2.45, 2.75) is 25.1 Å². The lowest BCUT2D eigenvalue weighted by atomic mass is 10.1. The van der Waals surface area contributed by atoms with Crippen LogP contribution >= 0.6 is 15.9 Å². The standard InChI is InChI=1S/C7H13BrO2/c1-4-5(2)6(8)7(9)10-3/h5-6H,4H2,1-3H3/t5-,6?/m1/s1. The predicted molar refractivity (Wildman–Crippen MR) is 44.2 cm³/mol. The Morgan fingerprint density at radius 1 is 1.70 bits per heavy atom. The molecule has 0 saturated carbocycles. The predicted octanol–water partition coefficient (Wildman–Crippen LogP) is 1.97. The number of hydrogen-bond acceptors (Lipinski definition) is 2. The van der Waals surface area contributed by atoms with Crippen molar-refractivity contribution in [2.75, 3.05) is 7.11 Å². The van der Waals surface area contributed by atoms with E-state index in [1.54, 1.807) is 0 Å². The first kappa shape index (κ1) is 9.95. The number of rotatable bonds is 3. The minimum Gasteiger partial charge on any atom is -0.468 e. The van der Waals surface area contributed by atoms with Crippen LogP contribution < -0.4 is 0 Å². The lowest BCUT2D eigenvalue weighted by Gasteiger charge is -2.12. The first-order chi connectivity index (χ1) is 4.63. The van der Waals surface area contributed by atoms with Crippen molar-refractivity contribution >= 4 is 21.9 Å². The molecule has 1 unspecified atom stereocenters. The summed E-state index contributed by atoms with van der Waals surface area (Å²) in [5, 5.41) is 0. The number of ether oxygens (including phenoxy) is 1. The Morgan fingerprint density at radius 3 is 2.50 bits per heavy atom. The van der Waals surface area contributed by atoms with Crippen LogP contribution in [0.1, 0.15) is 20.3 Å². The van der Waals surface area contributed by atoms with E-state index >= 15 is 0 Å². The summed E-state index contributed by atoms with van der Waals surface area (Å²) in [7, 11) is 1.40. The van der Waals surface area contributed by atoms with Crippen LogP contribution in [0.2, 0.25) is 0 Å². The van der Waals surface area contributed by atoms with Crippen molar-refractivity contribution < 1.29 is 9.53 Å². The van der Waals surface area contributed by atoms with Gasteiger partial charge in [-0.25, -0.2) is 0 Å². The monoisotopic (exact) mass is 208 g/mol. The van der Waals surface area contributed by atoms with Crippen molar-refractivity contribution in [2.24, 2.45) is 5.92 Å². The Morgan fingerprint density at radius 2 is 2.20 bits per heavy atom. The van der Waals surface area contributed by atoms with Gasteiger partial charge < -0.3 is 4.74 Å². The molecule has 0 rings (SSSR count). The van der Waals surface area contributed by atoms with Crippen molar-refractivity contribution in [3.05, 3.63) is 0 Å². The molecule has 0 aromatic carbocycles. The molecule has 0 N–H and O–H groups in total. The molecule has 0 fully saturated rings. The van der Waals surface area contributed by atoms with Gasteiger partial charge in [-0.3, -0.25) is 4.79 Å². The molecule has 0 aliphatic rings. The highest BCUT2D eigenvalue weighted by Gasteiger charge is 2.20. The Bertz CT molecular complexity index is 114. The van der Waals surface area contributed by atoms with Crippen LogP contribution in [-0.2, 0) is 9.53 Å². The molecule has 0 bridgehead atoms. The number of esters is 1. The van der Waals surface area contributed by atoms with Gasteiger partial charge in [-0.15, -0.1) is 0 Å². The number of carbonyl (C=O) groups is 1. The molecule has 0 aromatic heterocycles. The minimum absolute atomic E-state index is 0.150. The maximum absolute atomic E-state index is 10.8. The molecule has 60 valence electrons. The van der Waals surface area contributed by atoms with Gasteiger partial charge in [0.05, 0.1) is 7.11 Å². The second-order valence-corrected chi connectivity index (χ2v) is 3.30. The van der Waals surface area contributed by atoms with Crippen LogP contribution in [-0.4, -0.2) is 17.9 Å². The molecule has 10 heavy (non-hydrogen) atoms.